The third-order valence-electron chi connectivity index (χ3n) is 2.27. The van der Waals surface area contributed by atoms with Gasteiger partial charge in [0.05, 0.1) is 11.3 Å². The maximum atomic E-state index is 11.9. The van der Waals surface area contributed by atoms with Crippen LogP contribution in [0.25, 0.3) is 0 Å². The monoisotopic (exact) mass is 222 g/mol. The molecule has 0 fully saturated rings. The number of nitrogens with zero attached hydrogens (tertiary/aromatic N) is 2. The van der Waals surface area contributed by atoms with Gasteiger partial charge in [-0.1, -0.05) is 13.8 Å². The first-order valence-corrected chi connectivity index (χ1v) is 5.37. The van der Waals surface area contributed by atoms with E-state index in [1.807, 2.05) is 20.8 Å². The normalized spacial score (nSPS) is 12.6. The van der Waals surface area contributed by atoms with Crippen LogP contribution in [-0.4, -0.2) is 28.5 Å². The zero-order chi connectivity index (χ0) is 12.1. The van der Waals surface area contributed by atoms with Gasteiger partial charge < -0.3 is 11.1 Å². The van der Waals surface area contributed by atoms with Gasteiger partial charge >= 0.3 is 0 Å². The number of nitrogens with one attached hydrogen (secondary N) is 1. The van der Waals surface area contributed by atoms with Gasteiger partial charge in [-0.3, -0.25) is 4.79 Å². The maximum absolute atomic E-state index is 11.9. The predicted molar refractivity (Wildman–Crippen MR) is 62.1 cm³/mol. The van der Waals surface area contributed by atoms with Gasteiger partial charge in [-0.15, -0.1) is 0 Å². The van der Waals surface area contributed by atoms with Gasteiger partial charge in [-0.05, 0) is 12.8 Å². The first-order valence-electron chi connectivity index (χ1n) is 5.37. The van der Waals surface area contributed by atoms with E-state index < -0.39 is 0 Å². The molecule has 0 spiro atoms. The van der Waals surface area contributed by atoms with Crippen LogP contribution in [0.5, 0.6) is 0 Å². The number of nitrogens with two attached hydrogens (primary N) is 1. The largest absolute Gasteiger partial charge is 0.348 e. The molecule has 1 atom stereocenters. The summed E-state index contributed by atoms with van der Waals surface area (Å²) in [5.74, 6) is 0.0270. The molecule has 0 aliphatic heterocycles. The highest BCUT2D eigenvalue weighted by atomic mass is 16.1. The van der Waals surface area contributed by atoms with Crippen molar-refractivity contribution in [3.05, 3.63) is 23.8 Å². The molecule has 0 radical (unpaired) electrons. The van der Waals surface area contributed by atoms with E-state index in [1.54, 1.807) is 6.20 Å². The predicted octanol–water partition coefficient (Wildman–Crippen LogP) is 0.677. The zero-order valence-corrected chi connectivity index (χ0v) is 9.90. The number of carbonyl (C=O) groups is 1. The highest BCUT2D eigenvalue weighted by Crippen LogP contribution is 2.15. The Kier molecular flexibility index (Phi) is 4.37. The summed E-state index contributed by atoms with van der Waals surface area (Å²) in [5, 5.41) is 2.80. The summed E-state index contributed by atoms with van der Waals surface area (Å²) in [6.45, 7) is 6.25. The third kappa shape index (κ3) is 3.00. The van der Waals surface area contributed by atoms with E-state index in [9.17, 15) is 4.79 Å². The van der Waals surface area contributed by atoms with E-state index in [-0.39, 0.29) is 17.9 Å². The van der Waals surface area contributed by atoms with E-state index in [2.05, 4.69) is 15.3 Å². The minimum atomic E-state index is -0.165. The van der Waals surface area contributed by atoms with Crippen molar-refractivity contribution in [1.29, 1.82) is 0 Å². The number of amides is 1. The Hall–Kier alpha value is -1.49. The molecule has 3 N–H and O–H groups in total. The number of hydrogen-bond donors (Lipinski definition) is 2. The van der Waals surface area contributed by atoms with E-state index in [0.717, 1.165) is 5.69 Å². The molecule has 0 bridgehead atoms. The van der Waals surface area contributed by atoms with Crippen molar-refractivity contribution >= 4 is 5.91 Å². The fourth-order valence-electron chi connectivity index (χ4n) is 1.33. The van der Waals surface area contributed by atoms with E-state index in [4.69, 9.17) is 5.73 Å². The Morgan fingerprint density at radius 1 is 1.50 bits per heavy atom. The summed E-state index contributed by atoms with van der Waals surface area (Å²) < 4.78 is 0. The van der Waals surface area contributed by atoms with Crippen molar-refractivity contribution < 1.29 is 4.79 Å². The molecule has 0 unspecified atom stereocenters. The summed E-state index contributed by atoms with van der Waals surface area (Å²) in [5.41, 5.74) is 6.74. The van der Waals surface area contributed by atoms with Gasteiger partial charge in [0.15, 0.2) is 0 Å². The van der Waals surface area contributed by atoms with Crippen LogP contribution >= 0.6 is 0 Å². The standard InChI is InChI=1S/C11H18N4O/c1-7(2)10-9(5-13-6-14-10)11(16)15-8(3)4-12/h5-8H,4,12H2,1-3H3,(H,15,16)/t8-/m0/s1. The first kappa shape index (κ1) is 12.6. The van der Waals surface area contributed by atoms with Crippen LogP contribution in [0.15, 0.2) is 12.5 Å². The van der Waals surface area contributed by atoms with E-state index in [1.165, 1.54) is 6.33 Å². The average molecular weight is 222 g/mol. The SMILES string of the molecule is CC(C)c1ncncc1C(=O)N[C@@H](C)CN. The molecule has 1 heterocycles. The molecule has 1 amide bonds. The van der Waals surface area contributed by atoms with Crippen LogP contribution in [-0.2, 0) is 0 Å². The maximum Gasteiger partial charge on any atom is 0.254 e. The molecule has 1 aromatic rings. The molecule has 0 aliphatic rings. The van der Waals surface area contributed by atoms with E-state index in [0.29, 0.717) is 12.1 Å². The van der Waals surface area contributed by atoms with Crippen molar-refractivity contribution in [2.75, 3.05) is 6.54 Å². The Balaban J connectivity index is 2.90. The average Bonchev–Trinajstić information content (AvgIpc) is 2.28. The molecule has 5 heteroatoms. The lowest BCUT2D eigenvalue weighted by Crippen LogP contribution is -2.38. The second-order valence-electron chi connectivity index (χ2n) is 4.09. The number of hydrogen-bond acceptors (Lipinski definition) is 4. The fourth-order valence-corrected chi connectivity index (χ4v) is 1.33. The Labute approximate surface area is 95.5 Å². The van der Waals surface area contributed by atoms with Crippen LogP contribution in [0.3, 0.4) is 0 Å². The quantitative estimate of drug-likeness (QED) is 0.785. The molecule has 0 saturated heterocycles. The van der Waals surface area contributed by atoms with Crippen LogP contribution < -0.4 is 11.1 Å². The summed E-state index contributed by atoms with van der Waals surface area (Å²) >= 11 is 0. The Bertz CT molecular complexity index is 365. The fraction of sp³-hybridized carbons (Fsp3) is 0.545. The van der Waals surface area contributed by atoms with Crippen LogP contribution in [0.1, 0.15) is 42.7 Å². The van der Waals surface area contributed by atoms with Crippen molar-refractivity contribution in [2.45, 2.75) is 32.7 Å². The second kappa shape index (κ2) is 5.55. The number of aromatic nitrogens is 2. The van der Waals surface area contributed by atoms with Crippen molar-refractivity contribution in [3.63, 3.8) is 0 Å². The van der Waals surface area contributed by atoms with Gasteiger partial charge in [0.2, 0.25) is 0 Å². The van der Waals surface area contributed by atoms with Crippen molar-refractivity contribution in [1.82, 2.24) is 15.3 Å². The summed E-state index contributed by atoms with van der Waals surface area (Å²) in [7, 11) is 0. The molecular formula is C11H18N4O. The van der Waals surface area contributed by atoms with Gasteiger partial charge in [0, 0.05) is 18.8 Å². The highest BCUT2D eigenvalue weighted by molar-refractivity contribution is 5.95. The lowest BCUT2D eigenvalue weighted by Gasteiger charge is -2.14. The molecule has 88 valence electrons. The molecular weight excluding hydrogens is 204 g/mol. The molecule has 1 rings (SSSR count). The smallest absolute Gasteiger partial charge is 0.254 e. The van der Waals surface area contributed by atoms with Gasteiger partial charge in [-0.25, -0.2) is 9.97 Å². The number of rotatable bonds is 4. The van der Waals surface area contributed by atoms with Crippen molar-refractivity contribution in [3.8, 4) is 0 Å². The van der Waals surface area contributed by atoms with E-state index >= 15 is 0 Å². The molecule has 0 aliphatic carbocycles. The number of carbonyl (C=O) groups excluding carboxylic acids is 1. The van der Waals surface area contributed by atoms with Gasteiger partial charge in [-0.2, -0.15) is 0 Å². The van der Waals surface area contributed by atoms with Crippen LogP contribution in [0, 0.1) is 0 Å². The summed E-state index contributed by atoms with van der Waals surface area (Å²) in [6.07, 6.45) is 3.00. The minimum Gasteiger partial charge on any atom is -0.348 e. The molecule has 1 aromatic heterocycles. The van der Waals surface area contributed by atoms with Crippen molar-refractivity contribution in [2.24, 2.45) is 5.73 Å². The minimum absolute atomic E-state index is 0.0484. The highest BCUT2D eigenvalue weighted by Gasteiger charge is 2.16. The summed E-state index contributed by atoms with van der Waals surface area (Å²) in [6, 6.07) is -0.0484. The molecule has 5 nitrogen and oxygen atoms in total. The lowest BCUT2D eigenvalue weighted by molar-refractivity contribution is 0.0939. The van der Waals surface area contributed by atoms with Crippen LogP contribution in [0.2, 0.25) is 0 Å². The first-order chi connectivity index (χ1) is 7.56. The Morgan fingerprint density at radius 3 is 2.75 bits per heavy atom. The molecule has 0 aromatic carbocycles. The molecule has 0 saturated carbocycles. The third-order valence-corrected chi connectivity index (χ3v) is 2.27. The summed E-state index contributed by atoms with van der Waals surface area (Å²) in [4.78, 5) is 19.9. The lowest BCUT2D eigenvalue weighted by atomic mass is 10.0. The second-order valence-corrected chi connectivity index (χ2v) is 4.09. The molecule has 16 heavy (non-hydrogen) atoms. The van der Waals surface area contributed by atoms with Gasteiger partial charge in [0.1, 0.15) is 6.33 Å². The van der Waals surface area contributed by atoms with Gasteiger partial charge in [0.25, 0.3) is 5.91 Å². The Morgan fingerprint density at radius 2 is 2.19 bits per heavy atom. The van der Waals surface area contributed by atoms with Crippen LogP contribution in [0.4, 0.5) is 0 Å². The topological polar surface area (TPSA) is 80.9 Å². The zero-order valence-electron chi connectivity index (χ0n) is 9.90.